The zero-order valence-electron chi connectivity index (χ0n) is 8.42. The highest BCUT2D eigenvalue weighted by atomic mass is 32.1. The monoisotopic (exact) mass is 202 g/mol. The molecule has 0 spiro atoms. The summed E-state index contributed by atoms with van der Waals surface area (Å²) >= 11 is 2.00. The summed E-state index contributed by atoms with van der Waals surface area (Å²) in [5.74, 6) is 0.773. The van der Waals surface area contributed by atoms with Crippen molar-refractivity contribution in [2.24, 2.45) is 0 Å². The van der Waals surface area contributed by atoms with E-state index in [1.165, 1.54) is 29.3 Å². The molecular weight excluding hydrogens is 188 g/mol. The smallest absolute Gasteiger partial charge is 0.0348 e. The lowest BCUT2D eigenvalue weighted by molar-refractivity contribution is 0.602. The van der Waals surface area contributed by atoms with Gasteiger partial charge >= 0.3 is 0 Å². The lowest BCUT2D eigenvalue weighted by Gasteiger charge is -2.18. The molecule has 2 aromatic rings. The van der Waals surface area contributed by atoms with Gasteiger partial charge in [0.05, 0.1) is 0 Å². The maximum atomic E-state index is 2.37. The molecule has 1 unspecified atom stereocenters. The average molecular weight is 202 g/mol. The van der Waals surface area contributed by atoms with Crippen LogP contribution in [0.3, 0.4) is 0 Å². The van der Waals surface area contributed by atoms with Crippen molar-refractivity contribution in [1.29, 1.82) is 0 Å². The fourth-order valence-corrected chi connectivity index (χ4v) is 3.92. The molecule has 0 saturated heterocycles. The molecule has 0 amide bonds. The predicted molar refractivity (Wildman–Crippen MR) is 63.2 cm³/mol. The van der Waals surface area contributed by atoms with E-state index in [2.05, 4.69) is 31.2 Å². The minimum atomic E-state index is 0.773. The summed E-state index contributed by atoms with van der Waals surface area (Å²) in [6.45, 7) is 2.37. The largest absolute Gasteiger partial charge is 0.140 e. The molecule has 0 radical (unpaired) electrons. The predicted octanol–water partition coefficient (Wildman–Crippen LogP) is 4.34. The molecule has 0 nitrogen and oxygen atoms in total. The van der Waals surface area contributed by atoms with Crippen LogP contribution in [0, 0.1) is 0 Å². The van der Waals surface area contributed by atoms with E-state index in [4.69, 9.17) is 0 Å². The van der Waals surface area contributed by atoms with Crippen molar-refractivity contribution < 1.29 is 0 Å². The molecular formula is C13H14S. The van der Waals surface area contributed by atoms with Gasteiger partial charge in [0.15, 0.2) is 0 Å². The Labute approximate surface area is 88.6 Å². The third-order valence-corrected chi connectivity index (χ3v) is 4.49. The van der Waals surface area contributed by atoms with Gasteiger partial charge in [-0.2, -0.15) is 0 Å². The molecule has 1 aromatic heterocycles. The van der Waals surface area contributed by atoms with E-state index in [1.807, 2.05) is 11.3 Å². The van der Waals surface area contributed by atoms with Crippen LogP contribution in [0.5, 0.6) is 0 Å². The number of rotatable bonds is 0. The van der Waals surface area contributed by atoms with Gasteiger partial charge < -0.3 is 0 Å². The van der Waals surface area contributed by atoms with Crippen molar-refractivity contribution in [3.05, 3.63) is 34.7 Å². The molecule has 1 heteroatoms. The molecule has 3 rings (SSSR count). The minimum Gasteiger partial charge on any atom is -0.140 e. The Hall–Kier alpha value is -0.820. The van der Waals surface area contributed by atoms with Gasteiger partial charge in [0.1, 0.15) is 0 Å². The van der Waals surface area contributed by atoms with Crippen molar-refractivity contribution in [1.82, 2.24) is 0 Å². The van der Waals surface area contributed by atoms with Crippen molar-refractivity contribution in [2.75, 3.05) is 0 Å². The van der Waals surface area contributed by atoms with E-state index in [1.54, 1.807) is 10.4 Å². The van der Waals surface area contributed by atoms with E-state index in [9.17, 15) is 0 Å². The maximum absolute atomic E-state index is 2.37. The van der Waals surface area contributed by atoms with Crippen LogP contribution in [0.1, 0.15) is 36.1 Å². The van der Waals surface area contributed by atoms with Gasteiger partial charge in [0.25, 0.3) is 0 Å². The van der Waals surface area contributed by atoms with Gasteiger partial charge in [-0.3, -0.25) is 0 Å². The Morgan fingerprint density at radius 3 is 3.07 bits per heavy atom. The normalized spacial score (nSPS) is 21.1. The quantitative estimate of drug-likeness (QED) is 0.596. The summed E-state index contributed by atoms with van der Waals surface area (Å²) in [6, 6.07) is 8.85. The van der Waals surface area contributed by atoms with Crippen LogP contribution in [-0.4, -0.2) is 0 Å². The number of fused-ring (bicyclic) bond motifs is 3. The summed E-state index contributed by atoms with van der Waals surface area (Å²) in [5, 5.41) is 1.51. The molecule has 1 heterocycles. The van der Waals surface area contributed by atoms with Gasteiger partial charge in [-0.05, 0) is 42.2 Å². The highest BCUT2D eigenvalue weighted by molar-refractivity contribution is 7.19. The van der Waals surface area contributed by atoms with Crippen molar-refractivity contribution >= 4 is 21.4 Å². The molecule has 1 atom stereocenters. The van der Waals surface area contributed by atoms with E-state index < -0.39 is 0 Å². The molecule has 0 bridgehead atoms. The highest BCUT2D eigenvalue weighted by Crippen LogP contribution is 2.41. The van der Waals surface area contributed by atoms with Gasteiger partial charge in [-0.25, -0.2) is 0 Å². The first kappa shape index (κ1) is 8.49. The third-order valence-electron chi connectivity index (χ3n) is 3.24. The fourth-order valence-electron chi connectivity index (χ4n) is 2.56. The molecule has 14 heavy (non-hydrogen) atoms. The lowest BCUT2D eigenvalue weighted by atomic mass is 9.87. The fraction of sp³-hybridized carbons (Fsp3) is 0.385. The average Bonchev–Trinajstić information content (AvgIpc) is 2.57. The van der Waals surface area contributed by atoms with E-state index in [0.29, 0.717) is 0 Å². The van der Waals surface area contributed by atoms with Gasteiger partial charge in [0, 0.05) is 9.58 Å². The van der Waals surface area contributed by atoms with Crippen molar-refractivity contribution in [2.45, 2.75) is 32.1 Å². The molecule has 1 aliphatic carbocycles. The number of hydrogen-bond donors (Lipinski definition) is 0. The van der Waals surface area contributed by atoms with Crippen LogP contribution in [0.15, 0.2) is 24.3 Å². The third kappa shape index (κ3) is 1.12. The van der Waals surface area contributed by atoms with Crippen molar-refractivity contribution in [3.8, 4) is 0 Å². The zero-order chi connectivity index (χ0) is 9.54. The second-order valence-corrected chi connectivity index (χ2v) is 5.37. The minimum absolute atomic E-state index is 0.773. The van der Waals surface area contributed by atoms with Gasteiger partial charge in [-0.15, -0.1) is 11.3 Å². The molecule has 1 aliphatic rings. The van der Waals surface area contributed by atoms with Gasteiger partial charge in [0.2, 0.25) is 0 Å². The maximum Gasteiger partial charge on any atom is 0.0348 e. The molecule has 0 fully saturated rings. The summed E-state index contributed by atoms with van der Waals surface area (Å²) < 4.78 is 1.48. The SMILES string of the molecule is CC1CCCc2sc3ccccc3c21. The number of aryl methyl sites for hydroxylation is 1. The van der Waals surface area contributed by atoms with Crippen LogP contribution in [0.25, 0.3) is 10.1 Å². The molecule has 72 valence electrons. The Morgan fingerprint density at radius 2 is 2.14 bits per heavy atom. The summed E-state index contributed by atoms with van der Waals surface area (Å²) in [4.78, 5) is 1.64. The Morgan fingerprint density at radius 1 is 1.29 bits per heavy atom. The molecule has 1 aromatic carbocycles. The zero-order valence-corrected chi connectivity index (χ0v) is 9.23. The summed E-state index contributed by atoms with van der Waals surface area (Å²) in [7, 11) is 0. The molecule has 0 N–H and O–H groups in total. The standard InChI is InChI=1S/C13H14S/c1-9-5-4-8-12-13(9)10-6-2-3-7-11(10)14-12/h2-3,6-7,9H,4-5,8H2,1H3. The second-order valence-electron chi connectivity index (χ2n) is 4.23. The van der Waals surface area contributed by atoms with Crippen LogP contribution in [0.4, 0.5) is 0 Å². The first-order valence-electron chi connectivity index (χ1n) is 5.36. The van der Waals surface area contributed by atoms with Crippen molar-refractivity contribution in [3.63, 3.8) is 0 Å². The van der Waals surface area contributed by atoms with Crippen LogP contribution < -0.4 is 0 Å². The Balaban J connectivity index is 2.34. The number of benzene rings is 1. The topological polar surface area (TPSA) is 0 Å². The number of thiophene rings is 1. The van der Waals surface area contributed by atoms with E-state index >= 15 is 0 Å². The van der Waals surface area contributed by atoms with Crippen LogP contribution in [0.2, 0.25) is 0 Å². The molecule has 0 saturated carbocycles. The van der Waals surface area contributed by atoms with E-state index in [0.717, 1.165) is 5.92 Å². The summed E-state index contributed by atoms with van der Waals surface area (Å²) in [5.41, 5.74) is 1.65. The number of hydrogen-bond acceptors (Lipinski definition) is 1. The summed E-state index contributed by atoms with van der Waals surface area (Å²) in [6.07, 6.45) is 4.05. The Kier molecular flexibility index (Phi) is 1.88. The Bertz CT molecular complexity index is 467. The van der Waals surface area contributed by atoms with Crippen LogP contribution in [-0.2, 0) is 6.42 Å². The van der Waals surface area contributed by atoms with E-state index in [-0.39, 0.29) is 0 Å². The first-order valence-corrected chi connectivity index (χ1v) is 6.18. The second kappa shape index (κ2) is 3.09. The lowest BCUT2D eigenvalue weighted by Crippen LogP contribution is -2.03. The van der Waals surface area contributed by atoms with Gasteiger partial charge in [-0.1, -0.05) is 25.1 Å². The van der Waals surface area contributed by atoms with Crippen LogP contribution >= 0.6 is 11.3 Å². The molecule has 0 aliphatic heterocycles. The first-order chi connectivity index (χ1) is 6.86. The highest BCUT2D eigenvalue weighted by Gasteiger charge is 2.20.